The van der Waals surface area contributed by atoms with Gasteiger partial charge in [-0.3, -0.25) is 0 Å². The average molecular weight is 184 g/mol. The number of thioether (sulfide) groups is 1. The molecule has 0 aromatic rings. The van der Waals surface area contributed by atoms with Gasteiger partial charge in [0, 0.05) is 4.91 Å². The minimum atomic E-state index is 1.19. The summed E-state index contributed by atoms with van der Waals surface area (Å²) in [5, 5.41) is 0. The van der Waals surface area contributed by atoms with E-state index in [0.717, 1.165) is 0 Å². The highest BCUT2D eigenvalue weighted by molar-refractivity contribution is 8.03. The van der Waals surface area contributed by atoms with Crippen molar-refractivity contribution in [2.45, 2.75) is 40.5 Å². The molecule has 0 N–H and O–H groups in total. The topological polar surface area (TPSA) is 0 Å². The predicted molar refractivity (Wildman–Crippen MR) is 60.6 cm³/mol. The summed E-state index contributed by atoms with van der Waals surface area (Å²) in [6.07, 6.45) is 7.15. The summed E-state index contributed by atoms with van der Waals surface area (Å²) < 4.78 is 0. The van der Waals surface area contributed by atoms with Crippen LogP contribution in [-0.4, -0.2) is 5.75 Å². The van der Waals surface area contributed by atoms with Crippen molar-refractivity contribution >= 4 is 11.8 Å². The summed E-state index contributed by atoms with van der Waals surface area (Å²) in [5.74, 6) is 1.19. The Kier molecular flexibility index (Phi) is 7.37. The first-order chi connectivity index (χ1) is 5.84. The van der Waals surface area contributed by atoms with Crippen molar-refractivity contribution in [2.24, 2.45) is 0 Å². The van der Waals surface area contributed by atoms with Gasteiger partial charge in [0.05, 0.1) is 0 Å². The molecule has 0 saturated carbocycles. The van der Waals surface area contributed by atoms with E-state index in [1.165, 1.54) is 29.1 Å². The Morgan fingerprint density at radius 2 is 1.83 bits per heavy atom. The van der Waals surface area contributed by atoms with Gasteiger partial charge in [-0.2, -0.15) is 0 Å². The van der Waals surface area contributed by atoms with Gasteiger partial charge in [-0.1, -0.05) is 32.9 Å². The molecule has 12 heavy (non-hydrogen) atoms. The molecule has 0 amide bonds. The maximum absolute atomic E-state index is 2.35. The molecule has 0 nitrogen and oxygen atoms in total. The van der Waals surface area contributed by atoms with E-state index in [1.807, 2.05) is 25.6 Å². The molecule has 0 unspecified atom stereocenters. The first-order valence-corrected chi connectivity index (χ1v) is 5.83. The molecule has 0 atom stereocenters. The molecule has 0 saturated heterocycles. The zero-order chi connectivity index (χ0) is 9.40. The van der Waals surface area contributed by atoms with Crippen LogP contribution in [0.5, 0.6) is 0 Å². The lowest BCUT2D eigenvalue weighted by Gasteiger charge is -2.10. The third-order valence-corrected chi connectivity index (χ3v) is 2.72. The first-order valence-electron chi connectivity index (χ1n) is 4.84. The van der Waals surface area contributed by atoms with Gasteiger partial charge in [-0.05, 0) is 31.1 Å². The number of hydrogen-bond donors (Lipinski definition) is 0. The van der Waals surface area contributed by atoms with Crippen LogP contribution >= 0.6 is 11.8 Å². The molecule has 0 aliphatic heterocycles. The monoisotopic (exact) mass is 184 g/mol. The first kappa shape index (κ1) is 11.8. The maximum atomic E-state index is 2.35. The van der Waals surface area contributed by atoms with Crippen LogP contribution in [0.25, 0.3) is 0 Å². The molecule has 0 fully saturated rings. The smallest absolute Gasteiger partial charge is 0.00581 e. The fourth-order valence-electron chi connectivity index (χ4n) is 1.10. The molecule has 0 radical (unpaired) electrons. The Hall–Kier alpha value is -0.170. The minimum absolute atomic E-state index is 1.19. The third kappa shape index (κ3) is 4.01. The van der Waals surface area contributed by atoms with Gasteiger partial charge in [-0.25, -0.2) is 0 Å². The van der Waals surface area contributed by atoms with Crippen molar-refractivity contribution in [3.8, 4) is 0 Å². The molecule has 0 spiro atoms. The van der Waals surface area contributed by atoms with Gasteiger partial charge in [0.2, 0.25) is 0 Å². The lowest BCUT2D eigenvalue weighted by molar-refractivity contribution is 1.01. The summed E-state index contributed by atoms with van der Waals surface area (Å²) in [6, 6.07) is 0. The second kappa shape index (κ2) is 7.48. The van der Waals surface area contributed by atoms with Crippen LogP contribution in [0, 0.1) is 0 Å². The van der Waals surface area contributed by atoms with Crippen molar-refractivity contribution in [3.63, 3.8) is 0 Å². The van der Waals surface area contributed by atoms with Gasteiger partial charge in [0.25, 0.3) is 0 Å². The minimum Gasteiger partial charge on any atom is -0.127 e. The fraction of sp³-hybridized carbons (Fsp3) is 0.636. The molecule has 0 aromatic heterocycles. The second-order valence-electron chi connectivity index (χ2n) is 2.47. The largest absolute Gasteiger partial charge is 0.127 e. The summed E-state index contributed by atoms with van der Waals surface area (Å²) in [4.78, 5) is 1.49. The lowest BCUT2D eigenvalue weighted by Crippen LogP contribution is -1.87. The summed E-state index contributed by atoms with van der Waals surface area (Å²) >= 11 is 1.95. The Morgan fingerprint density at radius 3 is 2.33 bits per heavy atom. The highest BCUT2D eigenvalue weighted by atomic mass is 32.2. The standard InChI is InChI=1S/C9H14S.C2H6/c1-3-10-9-7-5-4-6-8(9)2;1-2/h6-7H,3-5H2,1-2H3;1-2H3. The molecule has 1 heteroatoms. The van der Waals surface area contributed by atoms with Crippen molar-refractivity contribution in [1.82, 2.24) is 0 Å². The Balaban J connectivity index is 0.000000561. The van der Waals surface area contributed by atoms with Crippen molar-refractivity contribution in [3.05, 3.63) is 22.6 Å². The molecule has 1 rings (SSSR count). The van der Waals surface area contributed by atoms with Crippen molar-refractivity contribution < 1.29 is 0 Å². The van der Waals surface area contributed by atoms with Crippen LogP contribution in [-0.2, 0) is 0 Å². The highest BCUT2D eigenvalue weighted by Crippen LogP contribution is 2.27. The summed E-state index contributed by atoms with van der Waals surface area (Å²) in [7, 11) is 0. The normalized spacial score (nSPS) is 15.7. The molecule has 0 aromatic carbocycles. The van der Waals surface area contributed by atoms with E-state index in [-0.39, 0.29) is 0 Å². The Morgan fingerprint density at radius 1 is 1.25 bits per heavy atom. The van der Waals surface area contributed by atoms with E-state index < -0.39 is 0 Å². The maximum Gasteiger partial charge on any atom is 0.00581 e. The van der Waals surface area contributed by atoms with E-state index in [1.54, 1.807) is 0 Å². The van der Waals surface area contributed by atoms with Gasteiger partial charge in [-0.15, -0.1) is 11.8 Å². The molecular formula is C11H20S. The lowest BCUT2D eigenvalue weighted by atomic mass is 10.1. The highest BCUT2D eigenvalue weighted by Gasteiger charge is 2.02. The van der Waals surface area contributed by atoms with Gasteiger partial charge >= 0.3 is 0 Å². The van der Waals surface area contributed by atoms with Crippen LogP contribution < -0.4 is 0 Å². The van der Waals surface area contributed by atoms with Gasteiger partial charge in [0.1, 0.15) is 0 Å². The third-order valence-electron chi connectivity index (χ3n) is 1.64. The van der Waals surface area contributed by atoms with E-state index >= 15 is 0 Å². The van der Waals surface area contributed by atoms with Crippen LogP contribution in [0.2, 0.25) is 0 Å². The molecule has 1 aliphatic rings. The number of hydrogen-bond acceptors (Lipinski definition) is 1. The van der Waals surface area contributed by atoms with Crippen molar-refractivity contribution in [2.75, 3.05) is 5.75 Å². The zero-order valence-corrected chi connectivity index (χ0v) is 9.50. The predicted octanol–water partition coefficient (Wildman–Crippen LogP) is 4.39. The second-order valence-corrected chi connectivity index (χ2v) is 3.77. The zero-order valence-electron chi connectivity index (χ0n) is 8.68. The number of rotatable bonds is 2. The molecule has 0 bridgehead atoms. The fourth-order valence-corrected chi connectivity index (χ4v) is 1.96. The van der Waals surface area contributed by atoms with E-state index in [2.05, 4.69) is 26.0 Å². The average Bonchev–Trinajstić information content (AvgIpc) is 2.13. The van der Waals surface area contributed by atoms with E-state index in [4.69, 9.17) is 0 Å². The van der Waals surface area contributed by atoms with Crippen LogP contribution in [0.4, 0.5) is 0 Å². The molecule has 1 aliphatic carbocycles. The molecule has 0 heterocycles. The van der Waals surface area contributed by atoms with Crippen molar-refractivity contribution in [1.29, 1.82) is 0 Å². The van der Waals surface area contributed by atoms with E-state index in [0.29, 0.717) is 0 Å². The van der Waals surface area contributed by atoms with E-state index in [9.17, 15) is 0 Å². The summed E-state index contributed by atoms with van der Waals surface area (Å²) in [6.45, 7) is 8.40. The Labute approximate surface area is 81.1 Å². The van der Waals surface area contributed by atoms with Gasteiger partial charge in [0.15, 0.2) is 0 Å². The molecule has 70 valence electrons. The Bertz CT molecular complexity index is 166. The molecular weight excluding hydrogens is 164 g/mol. The van der Waals surface area contributed by atoms with Crippen LogP contribution in [0.15, 0.2) is 22.6 Å². The SMILES string of the molecule is CC.CCSC1=CCCC=C1C. The van der Waals surface area contributed by atoms with Gasteiger partial charge < -0.3 is 0 Å². The van der Waals surface area contributed by atoms with Crippen LogP contribution in [0.1, 0.15) is 40.5 Å². The quantitative estimate of drug-likeness (QED) is 0.613. The number of allylic oxidation sites excluding steroid dienone is 3. The van der Waals surface area contributed by atoms with Crippen LogP contribution in [0.3, 0.4) is 0 Å². The summed E-state index contributed by atoms with van der Waals surface area (Å²) in [5.41, 5.74) is 1.47.